The van der Waals surface area contributed by atoms with Crippen molar-refractivity contribution in [1.82, 2.24) is 19.7 Å². The van der Waals surface area contributed by atoms with Crippen LogP contribution in [0.5, 0.6) is 11.8 Å². The van der Waals surface area contributed by atoms with Gasteiger partial charge in [0, 0.05) is 0 Å². The van der Waals surface area contributed by atoms with Gasteiger partial charge in [-0.3, -0.25) is 4.57 Å². The van der Waals surface area contributed by atoms with E-state index in [0.29, 0.717) is 0 Å². The molecule has 0 spiro atoms. The van der Waals surface area contributed by atoms with Gasteiger partial charge in [-0.2, -0.15) is 0 Å². The monoisotopic (exact) mass is 284 g/mol. The van der Waals surface area contributed by atoms with Crippen LogP contribution < -0.4 is 0 Å². The van der Waals surface area contributed by atoms with Gasteiger partial charge in [-0.05, 0) is 0 Å². The molecule has 2 aromatic rings. The number of hydrogen-bond donors (Lipinski definition) is 5. The van der Waals surface area contributed by atoms with Crippen LogP contribution in [0.3, 0.4) is 0 Å². The summed E-state index contributed by atoms with van der Waals surface area (Å²) in [6.45, 7) is -0.474. The summed E-state index contributed by atoms with van der Waals surface area (Å²) < 4.78 is 6.53. The maximum Gasteiger partial charge on any atom is 0.259 e. The van der Waals surface area contributed by atoms with Gasteiger partial charge in [0.15, 0.2) is 11.7 Å². The van der Waals surface area contributed by atoms with E-state index in [-0.39, 0.29) is 11.0 Å². The largest absolute Gasteiger partial charge is 0.491 e. The molecule has 20 heavy (non-hydrogen) atoms. The molecule has 0 aromatic carbocycles. The van der Waals surface area contributed by atoms with E-state index in [1.807, 2.05) is 0 Å². The molecule has 3 heterocycles. The summed E-state index contributed by atoms with van der Waals surface area (Å²) in [5, 5.41) is 54.6. The Balaban J connectivity index is 2.10. The summed E-state index contributed by atoms with van der Waals surface area (Å²) in [5.74, 6) is -0.990. The van der Waals surface area contributed by atoms with Gasteiger partial charge < -0.3 is 30.3 Å². The van der Waals surface area contributed by atoms with Gasteiger partial charge in [-0.15, -0.1) is 10.2 Å². The molecule has 0 aliphatic carbocycles. The van der Waals surface area contributed by atoms with Gasteiger partial charge >= 0.3 is 0 Å². The van der Waals surface area contributed by atoms with E-state index in [4.69, 9.17) is 9.84 Å². The van der Waals surface area contributed by atoms with Crippen molar-refractivity contribution in [2.24, 2.45) is 0 Å². The minimum Gasteiger partial charge on any atom is -0.491 e. The molecule has 3 rings (SSSR count). The molecule has 10 nitrogen and oxygen atoms in total. The smallest absolute Gasteiger partial charge is 0.259 e. The molecule has 0 amide bonds. The topological polar surface area (TPSA) is 154 Å². The van der Waals surface area contributed by atoms with Crippen molar-refractivity contribution in [3.8, 4) is 11.8 Å². The fourth-order valence-electron chi connectivity index (χ4n) is 2.24. The van der Waals surface area contributed by atoms with E-state index >= 15 is 0 Å². The van der Waals surface area contributed by atoms with Crippen molar-refractivity contribution >= 4 is 11.0 Å². The quantitative estimate of drug-likeness (QED) is 0.415. The fraction of sp³-hybridized carbons (Fsp3) is 0.500. The van der Waals surface area contributed by atoms with Crippen LogP contribution in [0, 0.1) is 0 Å². The molecule has 0 bridgehead atoms. The lowest BCUT2D eigenvalue weighted by Gasteiger charge is -2.17. The van der Waals surface area contributed by atoms with Crippen LogP contribution in [-0.2, 0) is 4.74 Å². The lowest BCUT2D eigenvalue weighted by atomic mass is 10.1. The summed E-state index contributed by atoms with van der Waals surface area (Å²) in [6, 6.07) is 0. The molecule has 5 N–H and O–H groups in total. The second kappa shape index (κ2) is 4.52. The SMILES string of the molecule is OCC1OC(n2cnc3c(O)nnc(O)c32)C(O)C1O. The number of fused-ring (bicyclic) bond motifs is 1. The summed E-state index contributed by atoms with van der Waals surface area (Å²) in [5.41, 5.74) is -0.0115. The van der Waals surface area contributed by atoms with E-state index in [1.54, 1.807) is 0 Å². The highest BCUT2D eigenvalue weighted by Gasteiger charge is 2.44. The van der Waals surface area contributed by atoms with Crippen molar-refractivity contribution in [1.29, 1.82) is 0 Å². The molecular formula is C10H12N4O6. The molecule has 1 fully saturated rings. The van der Waals surface area contributed by atoms with Crippen molar-refractivity contribution in [2.45, 2.75) is 24.5 Å². The minimum atomic E-state index is -1.33. The van der Waals surface area contributed by atoms with Crippen molar-refractivity contribution in [3.63, 3.8) is 0 Å². The molecule has 10 heteroatoms. The number of imidazole rings is 1. The fourth-order valence-corrected chi connectivity index (χ4v) is 2.24. The molecule has 0 saturated carbocycles. The Bertz CT molecular complexity index is 646. The first-order chi connectivity index (χ1) is 9.54. The van der Waals surface area contributed by atoms with Crippen molar-refractivity contribution < 1.29 is 30.3 Å². The Hall–Kier alpha value is -2.01. The van der Waals surface area contributed by atoms with Crippen LogP contribution in [0.15, 0.2) is 6.33 Å². The highest BCUT2D eigenvalue weighted by Crippen LogP contribution is 2.35. The summed E-state index contributed by atoms with van der Waals surface area (Å²) >= 11 is 0. The van der Waals surface area contributed by atoms with Crippen LogP contribution >= 0.6 is 0 Å². The third-order valence-corrected chi connectivity index (χ3v) is 3.25. The van der Waals surface area contributed by atoms with E-state index in [0.717, 1.165) is 0 Å². The van der Waals surface area contributed by atoms with Crippen LogP contribution in [0.2, 0.25) is 0 Å². The molecule has 2 aromatic heterocycles. The highest BCUT2D eigenvalue weighted by atomic mass is 16.6. The minimum absolute atomic E-state index is 0.00680. The second-order valence-corrected chi connectivity index (χ2v) is 4.43. The predicted molar refractivity (Wildman–Crippen MR) is 61.7 cm³/mol. The standard InChI is InChI=1S/C10H12N4O6/c15-1-3-6(16)7(17)10(20-3)14-2-11-4-5(14)9(19)13-12-8(4)18/h2-3,6-7,10,15-17H,1H2,(H,12,18)(H,13,19). The lowest BCUT2D eigenvalue weighted by molar-refractivity contribution is -0.0510. The van der Waals surface area contributed by atoms with Crippen LogP contribution in [0.25, 0.3) is 11.0 Å². The Kier molecular flexibility index (Phi) is 2.94. The van der Waals surface area contributed by atoms with E-state index < -0.39 is 42.9 Å². The maximum atomic E-state index is 9.94. The summed E-state index contributed by atoms with van der Waals surface area (Å²) in [4.78, 5) is 3.85. The molecule has 108 valence electrons. The third kappa shape index (κ3) is 1.70. The van der Waals surface area contributed by atoms with Crippen LogP contribution in [0.1, 0.15) is 6.23 Å². The third-order valence-electron chi connectivity index (χ3n) is 3.25. The number of nitrogens with zero attached hydrogens (tertiary/aromatic N) is 4. The van der Waals surface area contributed by atoms with E-state index in [2.05, 4.69) is 15.2 Å². The molecule has 4 atom stereocenters. The number of aliphatic hydroxyl groups excluding tert-OH is 3. The van der Waals surface area contributed by atoms with Crippen molar-refractivity contribution in [3.05, 3.63) is 6.33 Å². The first-order valence-electron chi connectivity index (χ1n) is 5.78. The molecule has 4 unspecified atom stereocenters. The Morgan fingerprint density at radius 3 is 2.50 bits per heavy atom. The normalized spacial score (nSPS) is 30.1. The van der Waals surface area contributed by atoms with Gasteiger partial charge in [0.1, 0.15) is 23.8 Å². The van der Waals surface area contributed by atoms with Crippen LogP contribution in [-0.4, -0.2) is 70.2 Å². The zero-order valence-corrected chi connectivity index (χ0v) is 10.0. The average molecular weight is 284 g/mol. The van der Waals surface area contributed by atoms with Crippen molar-refractivity contribution in [2.75, 3.05) is 6.61 Å². The molecule has 1 aliphatic heterocycles. The zero-order valence-electron chi connectivity index (χ0n) is 10.0. The van der Waals surface area contributed by atoms with Gasteiger partial charge in [0.2, 0.25) is 0 Å². The van der Waals surface area contributed by atoms with Gasteiger partial charge in [0.25, 0.3) is 11.8 Å². The number of rotatable bonds is 2. The van der Waals surface area contributed by atoms with Gasteiger partial charge in [-0.25, -0.2) is 4.98 Å². The number of aromatic hydroxyl groups is 2. The number of aromatic nitrogens is 4. The maximum absolute atomic E-state index is 9.94. The Morgan fingerprint density at radius 1 is 1.15 bits per heavy atom. The molecular weight excluding hydrogens is 272 g/mol. The summed E-state index contributed by atoms with van der Waals surface area (Å²) in [7, 11) is 0. The number of ether oxygens (including phenoxy) is 1. The number of hydrogen-bond acceptors (Lipinski definition) is 9. The van der Waals surface area contributed by atoms with E-state index in [1.165, 1.54) is 10.9 Å². The second-order valence-electron chi connectivity index (χ2n) is 4.43. The molecule has 0 radical (unpaired) electrons. The number of aliphatic hydroxyl groups is 3. The first-order valence-corrected chi connectivity index (χ1v) is 5.78. The first kappa shape index (κ1) is 13.0. The predicted octanol–water partition coefficient (Wildman–Crippen LogP) is -2.15. The Morgan fingerprint density at radius 2 is 1.85 bits per heavy atom. The highest BCUT2D eigenvalue weighted by molar-refractivity contribution is 5.83. The lowest BCUT2D eigenvalue weighted by Crippen LogP contribution is -2.33. The summed E-state index contributed by atoms with van der Waals surface area (Å²) in [6.07, 6.45) is -3.46. The zero-order chi connectivity index (χ0) is 14.4. The van der Waals surface area contributed by atoms with Crippen LogP contribution in [0.4, 0.5) is 0 Å². The Labute approximate surface area is 111 Å². The molecule has 1 aliphatic rings. The average Bonchev–Trinajstić information content (AvgIpc) is 2.99. The van der Waals surface area contributed by atoms with E-state index in [9.17, 15) is 20.4 Å². The van der Waals surface area contributed by atoms with Gasteiger partial charge in [0.05, 0.1) is 12.9 Å². The molecule has 1 saturated heterocycles. The van der Waals surface area contributed by atoms with Gasteiger partial charge in [-0.1, -0.05) is 0 Å².